The van der Waals surface area contributed by atoms with Crippen LogP contribution in [0.2, 0.25) is 0 Å². The first-order valence-corrected chi connectivity index (χ1v) is 6.67. The molecule has 0 radical (unpaired) electrons. The van der Waals surface area contributed by atoms with Gasteiger partial charge in [-0.3, -0.25) is 4.98 Å². The molecule has 2 aromatic carbocycles. The van der Waals surface area contributed by atoms with E-state index in [9.17, 15) is 0 Å². The average Bonchev–Trinajstić information content (AvgIpc) is 2.47. The first-order valence-electron chi connectivity index (χ1n) is 6.67. The highest BCUT2D eigenvalue weighted by atomic mass is 16.5. The SMILES string of the molecule is CCc1cccc(Oc2ccnc3cc(N)ccc23)c1. The van der Waals surface area contributed by atoms with Gasteiger partial charge in [0.15, 0.2) is 0 Å². The second-order valence-corrected chi connectivity index (χ2v) is 4.69. The highest BCUT2D eigenvalue weighted by molar-refractivity contribution is 5.87. The molecule has 20 heavy (non-hydrogen) atoms. The molecule has 3 aromatic rings. The topological polar surface area (TPSA) is 48.1 Å². The van der Waals surface area contributed by atoms with Crippen LogP contribution in [0.4, 0.5) is 5.69 Å². The lowest BCUT2D eigenvalue weighted by atomic mass is 10.1. The van der Waals surface area contributed by atoms with E-state index in [4.69, 9.17) is 10.5 Å². The van der Waals surface area contributed by atoms with Crippen molar-refractivity contribution in [2.75, 3.05) is 5.73 Å². The third kappa shape index (κ3) is 2.43. The van der Waals surface area contributed by atoms with Crippen LogP contribution >= 0.6 is 0 Å². The molecular weight excluding hydrogens is 248 g/mol. The number of ether oxygens (including phenoxy) is 1. The van der Waals surface area contributed by atoms with Gasteiger partial charge in [-0.25, -0.2) is 0 Å². The third-order valence-electron chi connectivity index (χ3n) is 3.26. The molecule has 0 aliphatic heterocycles. The maximum absolute atomic E-state index is 5.99. The smallest absolute Gasteiger partial charge is 0.138 e. The zero-order valence-corrected chi connectivity index (χ0v) is 11.3. The minimum absolute atomic E-state index is 0.704. The number of pyridine rings is 1. The molecule has 0 aliphatic carbocycles. The fraction of sp³-hybridized carbons (Fsp3) is 0.118. The molecule has 0 atom stereocenters. The van der Waals surface area contributed by atoms with Crippen molar-refractivity contribution in [3.8, 4) is 11.5 Å². The largest absolute Gasteiger partial charge is 0.457 e. The molecule has 0 aliphatic rings. The summed E-state index contributed by atoms with van der Waals surface area (Å²) in [6.45, 7) is 2.13. The first-order chi connectivity index (χ1) is 9.76. The average molecular weight is 264 g/mol. The number of hydrogen-bond acceptors (Lipinski definition) is 3. The van der Waals surface area contributed by atoms with Gasteiger partial charge in [0, 0.05) is 17.3 Å². The molecule has 1 heterocycles. The summed E-state index contributed by atoms with van der Waals surface area (Å²) in [4.78, 5) is 4.32. The molecule has 0 saturated carbocycles. The number of anilines is 1. The highest BCUT2D eigenvalue weighted by Crippen LogP contribution is 2.30. The molecular formula is C17H16N2O. The van der Waals surface area contributed by atoms with Crippen molar-refractivity contribution in [3.63, 3.8) is 0 Å². The maximum Gasteiger partial charge on any atom is 0.138 e. The fourth-order valence-electron chi connectivity index (χ4n) is 2.18. The van der Waals surface area contributed by atoms with Gasteiger partial charge in [-0.1, -0.05) is 19.1 Å². The van der Waals surface area contributed by atoms with Crippen LogP contribution in [0.3, 0.4) is 0 Å². The third-order valence-corrected chi connectivity index (χ3v) is 3.26. The molecule has 3 heteroatoms. The Balaban J connectivity index is 2.02. The van der Waals surface area contributed by atoms with Gasteiger partial charge < -0.3 is 10.5 Å². The predicted octanol–water partition coefficient (Wildman–Crippen LogP) is 4.17. The molecule has 2 N–H and O–H groups in total. The second kappa shape index (κ2) is 5.21. The van der Waals surface area contributed by atoms with Crippen LogP contribution in [-0.2, 0) is 6.42 Å². The van der Waals surface area contributed by atoms with Crippen molar-refractivity contribution < 1.29 is 4.74 Å². The lowest BCUT2D eigenvalue weighted by Gasteiger charge is -2.09. The van der Waals surface area contributed by atoms with E-state index >= 15 is 0 Å². The molecule has 1 aromatic heterocycles. The minimum atomic E-state index is 0.704. The number of aryl methyl sites for hydroxylation is 1. The van der Waals surface area contributed by atoms with E-state index in [1.165, 1.54) is 5.56 Å². The van der Waals surface area contributed by atoms with Crippen molar-refractivity contribution in [2.24, 2.45) is 0 Å². The van der Waals surface area contributed by atoms with E-state index in [-0.39, 0.29) is 0 Å². The number of aromatic nitrogens is 1. The van der Waals surface area contributed by atoms with Gasteiger partial charge in [-0.15, -0.1) is 0 Å². The highest BCUT2D eigenvalue weighted by Gasteiger charge is 2.05. The van der Waals surface area contributed by atoms with Gasteiger partial charge in [-0.2, -0.15) is 0 Å². The summed E-state index contributed by atoms with van der Waals surface area (Å²) in [5.41, 5.74) is 8.58. The van der Waals surface area contributed by atoms with Crippen LogP contribution in [0.15, 0.2) is 54.7 Å². The summed E-state index contributed by atoms with van der Waals surface area (Å²) in [7, 11) is 0. The predicted molar refractivity (Wildman–Crippen MR) is 82.0 cm³/mol. The zero-order chi connectivity index (χ0) is 13.9. The summed E-state index contributed by atoms with van der Waals surface area (Å²) in [5, 5.41) is 0.962. The Labute approximate surface area is 118 Å². The van der Waals surface area contributed by atoms with Crippen LogP contribution < -0.4 is 10.5 Å². The molecule has 0 fully saturated rings. The van der Waals surface area contributed by atoms with Crippen molar-refractivity contribution in [1.82, 2.24) is 4.98 Å². The second-order valence-electron chi connectivity index (χ2n) is 4.69. The lowest BCUT2D eigenvalue weighted by Crippen LogP contribution is -1.90. The van der Waals surface area contributed by atoms with E-state index < -0.39 is 0 Å². The van der Waals surface area contributed by atoms with Gasteiger partial charge in [0.05, 0.1) is 5.52 Å². The number of hydrogen-bond donors (Lipinski definition) is 1. The van der Waals surface area contributed by atoms with Crippen LogP contribution in [0.5, 0.6) is 11.5 Å². The Hall–Kier alpha value is -2.55. The summed E-state index contributed by atoms with van der Waals surface area (Å²) in [5.74, 6) is 1.64. The maximum atomic E-state index is 5.99. The van der Waals surface area contributed by atoms with E-state index in [0.29, 0.717) is 5.69 Å². The van der Waals surface area contributed by atoms with Crippen LogP contribution in [-0.4, -0.2) is 4.98 Å². The molecule has 0 saturated heterocycles. The Morgan fingerprint density at radius 3 is 2.85 bits per heavy atom. The van der Waals surface area contributed by atoms with E-state index in [1.807, 2.05) is 36.4 Å². The van der Waals surface area contributed by atoms with Crippen LogP contribution in [0.1, 0.15) is 12.5 Å². The van der Waals surface area contributed by atoms with Gasteiger partial charge in [-0.05, 0) is 48.4 Å². The number of fused-ring (bicyclic) bond motifs is 1. The molecule has 100 valence electrons. The van der Waals surface area contributed by atoms with Gasteiger partial charge in [0.2, 0.25) is 0 Å². The first kappa shape index (κ1) is 12.5. The quantitative estimate of drug-likeness (QED) is 0.722. The summed E-state index contributed by atoms with van der Waals surface area (Å²) >= 11 is 0. The van der Waals surface area contributed by atoms with Crippen molar-refractivity contribution in [2.45, 2.75) is 13.3 Å². The Morgan fingerprint density at radius 1 is 1.10 bits per heavy atom. The normalized spacial score (nSPS) is 10.7. The number of nitrogen functional groups attached to an aromatic ring is 1. The number of nitrogens with two attached hydrogens (primary N) is 1. The summed E-state index contributed by atoms with van der Waals surface area (Å²) < 4.78 is 5.99. The molecule has 3 rings (SSSR count). The summed E-state index contributed by atoms with van der Waals surface area (Å²) in [6.07, 6.45) is 2.73. The Bertz CT molecular complexity index is 753. The molecule has 3 nitrogen and oxygen atoms in total. The van der Waals surface area contributed by atoms with Gasteiger partial charge >= 0.3 is 0 Å². The van der Waals surface area contributed by atoms with Gasteiger partial charge in [0.1, 0.15) is 11.5 Å². The van der Waals surface area contributed by atoms with Gasteiger partial charge in [0.25, 0.3) is 0 Å². The standard InChI is InChI=1S/C17H16N2O/c1-2-12-4-3-5-14(10-12)20-17-8-9-19-16-11-13(18)6-7-15(16)17/h3-11H,2,18H2,1H3. The van der Waals surface area contributed by atoms with E-state index in [1.54, 1.807) is 6.20 Å². The van der Waals surface area contributed by atoms with Crippen molar-refractivity contribution in [3.05, 3.63) is 60.3 Å². The lowest BCUT2D eigenvalue weighted by molar-refractivity contribution is 0.487. The Kier molecular flexibility index (Phi) is 3.25. The van der Waals surface area contributed by atoms with Crippen LogP contribution in [0.25, 0.3) is 10.9 Å². The summed E-state index contributed by atoms with van der Waals surface area (Å²) in [6, 6.07) is 15.7. The molecule has 0 amide bonds. The van der Waals surface area contributed by atoms with E-state index in [2.05, 4.69) is 24.0 Å². The number of benzene rings is 2. The number of rotatable bonds is 3. The van der Waals surface area contributed by atoms with Crippen molar-refractivity contribution >= 4 is 16.6 Å². The Morgan fingerprint density at radius 2 is 2.00 bits per heavy atom. The molecule has 0 spiro atoms. The number of nitrogens with zero attached hydrogens (tertiary/aromatic N) is 1. The zero-order valence-electron chi connectivity index (χ0n) is 11.3. The van der Waals surface area contributed by atoms with Crippen LogP contribution in [0, 0.1) is 0 Å². The minimum Gasteiger partial charge on any atom is -0.457 e. The molecule has 0 unspecified atom stereocenters. The molecule has 0 bridgehead atoms. The fourth-order valence-corrected chi connectivity index (χ4v) is 2.18. The monoisotopic (exact) mass is 264 g/mol. The van der Waals surface area contributed by atoms with E-state index in [0.717, 1.165) is 28.8 Å². The van der Waals surface area contributed by atoms with Crippen molar-refractivity contribution in [1.29, 1.82) is 0 Å².